The lowest BCUT2D eigenvalue weighted by Crippen LogP contribution is -2.29. The molecule has 0 aromatic heterocycles. The Hall–Kier alpha value is -1.61. The Morgan fingerprint density at radius 1 is 1.27 bits per heavy atom. The summed E-state index contributed by atoms with van der Waals surface area (Å²) in [4.78, 5) is 0. The molecule has 0 heterocycles. The molecule has 0 radical (unpaired) electrons. The van der Waals surface area contributed by atoms with E-state index in [9.17, 15) is 5.11 Å². The summed E-state index contributed by atoms with van der Waals surface area (Å²) in [7, 11) is 0. The molecular formula is C12H15NO2. The van der Waals surface area contributed by atoms with E-state index in [2.05, 4.69) is 5.16 Å². The number of hydrogen-bond acceptors (Lipinski definition) is 3. The van der Waals surface area contributed by atoms with Crippen LogP contribution in [0.3, 0.4) is 0 Å². The maximum Gasteiger partial charge on any atom is 0.111 e. The molecule has 0 saturated carbocycles. The molecule has 0 bridgehead atoms. The molecule has 3 heteroatoms. The summed E-state index contributed by atoms with van der Waals surface area (Å²) >= 11 is 0. The normalized spacial score (nSPS) is 13.4. The SMILES string of the molecule is CC(C)(O)C(C=Cc1ccccc1)=NO. The average molecular weight is 205 g/mol. The summed E-state index contributed by atoms with van der Waals surface area (Å²) in [6.45, 7) is 3.13. The van der Waals surface area contributed by atoms with Crippen LogP contribution in [0.5, 0.6) is 0 Å². The maximum atomic E-state index is 9.61. The molecule has 0 aliphatic heterocycles. The highest BCUT2D eigenvalue weighted by Gasteiger charge is 2.19. The third kappa shape index (κ3) is 3.56. The molecule has 3 nitrogen and oxygen atoms in total. The molecule has 15 heavy (non-hydrogen) atoms. The van der Waals surface area contributed by atoms with Gasteiger partial charge in [-0.15, -0.1) is 0 Å². The van der Waals surface area contributed by atoms with Gasteiger partial charge in [-0.2, -0.15) is 0 Å². The Kier molecular flexibility index (Phi) is 3.63. The Morgan fingerprint density at radius 3 is 2.33 bits per heavy atom. The molecule has 0 aliphatic carbocycles. The molecule has 0 unspecified atom stereocenters. The van der Waals surface area contributed by atoms with E-state index in [0.717, 1.165) is 5.56 Å². The highest BCUT2D eigenvalue weighted by atomic mass is 16.4. The lowest BCUT2D eigenvalue weighted by molar-refractivity contribution is 0.149. The van der Waals surface area contributed by atoms with E-state index in [1.165, 1.54) is 0 Å². The number of aliphatic hydroxyl groups is 1. The van der Waals surface area contributed by atoms with Gasteiger partial charge in [0.05, 0.1) is 0 Å². The number of rotatable bonds is 3. The van der Waals surface area contributed by atoms with Crippen LogP contribution in [0.15, 0.2) is 41.6 Å². The lowest BCUT2D eigenvalue weighted by atomic mass is 10.0. The van der Waals surface area contributed by atoms with Crippen LogP contribution in [0, 0.1) is 0 Å². The molecular weight excluding hydrogens is 190 g/mol. The molecule has 0 atom stereocenters. The standard InChI is InChI=1S/C12H15NO2/c1-12(2,14)11(13-15)9-8-10-6-4-3-5-7-10/h3-9,14-15H,1-2H3. The van der Waals surface area contributed by atoms with E-state index in [4.69, 9.17) is 5.21 Å². The zero-order chi connectivity index (χ0) is 11.3. The zero-order valence-electron chi connectivity index (χ0n) is 8.88. The third-order valence-electron chi connectivity index (χ3n) is 1.97. The minimum absolute atomic E-state index is 0.228. The van der Waals surface area contributed by atoms with Crippen molar-refractivity contribution in [3.05, 3.63) is 42.0 Å². The van der Waals surface area contributed by atoms with Crippen LogP contribution in [-0.4, -0.2) is 21.6 Å². The fraction of sp³-hybridized carbons (Fsp3) is 0.250. The molecule has 0 amide bonds. The Balaban J connectivity index is 2.82. The summed E-state index contributed by atoms with van der Waals surface area (Å²) in [6.07, 6.45) is 3.38. The quantitative estimate of drug-likeness (QED) is 0.452. The van der Waals surface area contributed by atoms with Gasteiger partial charge in [0.2, 0.25) is 0 Å². The van der Waals surface area contributed by atoms with Gasteiger partial charge in [0, 0.05) is 0 Å². The van der Waals surface area contributed by atoms with Gasteiger partial charge in [-0.1, -0.05) is 41.6 Å². The minimum atomic E-state index is -1.14. The van der Waals surface area contributed by atoms with Gasteiger partial charge in [-0.05, 0) is 25.5 Å². The van der Waals surface area contributed by atoms with E-state index < -0.39 is 5.60 Å². The molecule has 0 spiro atoms. The van der Waals surface area contributed by atoms with Crippen LogP contribution in [0.1, 0.15) is 19.4 Å². The highest BCUT2D eigenvalue weighted by Crippen LogP contribution is 2.08. The van der Waals surface area contributed by atoms with Crippen LogP contribution in [0.25, 0.3) is 6.08 Å². The van der Waals surface area contributed by atoms with Crippen molar-refractivity contribution in [1.82, 2.24) is 0 Å². The van der Waals surface area contributed by atoms with Crippen molar-refractivity contribution in [1.29, 1.82) is 0 Å². The second-order valence-electron chi connectivity index (χ2n) is 3.79. The van der Waals surface area contributed by atoms with Gasteiger partial charge in [0.1, 0.15) is 11.3 Å². The molecule has 0 aliphatic rings. The molecule has 80 valence electrons. The molecule has 1 rings (SSSR count). The van der Waals surface area contributed by atoms with Crippen molar-refractivity contribution >= 4 is 11.8 Å². The van der Waals surface area contributed by atoms with Crippen molar-refractivity contribution in [2.24, 2.45) is 5.16 Å². The Morgan fingerprint density at radius 2 is 1.87 bits per heavy atom. The largest absolute Gasteiger partial charge is 0.411 e. The minimum Gasteiger partial charge on any atom is -0.411 e. The molecule has 2 N–H and O–H groups in total. The van der Waals surface area contributed by atoms with Crippen molar-refractivity contribution in [2.75, 3.05) is 0 Å². The lowest BCUT2D eigenvalue weighted by Gasteiger charge is -2.15. The summed E-state index contributed by atoms with van der Waals surface area (Å²) in [5, 5.41) is 21.4. The van der Waals surface area contributed by atoms with Gasteiger partial charge in [0.15, 0.2) is 0 Å². The highest BCUT2D eigenvalue weighted by molar-refractivity contribution is 6.03. The first-order chi connectivity index (χ1) is 7.04. The number of nitrogens with zero attached hydrogens (tertiary/aromatic N) is 1. The monoisotopic (exact) mass is 205 g/mol. The Bertz CT molecular complexity index is 361. The predicted octanol–water partition coefficient (Wildman–Crippen LogP) is 2.30. The van der Waals surface area contributed by atoms with E-state index in [0.29, 0.717) is 0 Å². The van der Waals surface area contributed by atoms with Crippen LogP contribution in [-0.2, 0) is 0 Å². The van der Waals surface area contributed by atoms with E-state index in [-0.39, 0.29) is 5.71 Å². The van der Waals surface area contributed by atoms with E-state index >= 15 is 0 Å². The molecule has 0 fully saturated rings. The maximum absolute atomic E-state index is 9.61. The number of oxime groups is 1. The first kappa shape index (κ1) is 11.5. The Labute approximate surface area is 89.4 Å². The third-order valence-corrected chi connectivity index (χ3v) is 1.97. The molecule has 1 aromatic carbocycles. The summed E-state index contributed by atoms with van der Waals surface area (Å²) < 4.78 is 0. The first-order valence-corrected chi connectivity index (χ1v) is 4.72. The van der Waals surface area contributed by atoms with Gasteiger partial charge in [-0.25, -0.2) is 0 Å². The molecule has 0 saturated heterocycles. The first-order valence-electron chi connectivity index (χ1n) is 4.72. The molecule has 1 aromatic rings. The van der Waals surface area contributed by atoms with Gasteiger partial charge >= 0.3 is 0 Å². The topological polar surface area (TPSA) is 52.8 Å². The van der Waals surface area contributed by atoms with Gasteiger partial charge < -0.3 is 10.3 Å². The van der Waals surface area contributed by atoms with E-state index in [1.807, 2.05) is 30.3 Å². The van der Waals surface area contributed by atoms with Gasteiger partial charge in [0.25, 0.3) is 0 Å². The second-order valence-corrected chi connectivity index (χ2v) is 3.79. The average Bonchev–Trinajstić information content (AvgIpc) is 2.18. The zero-order valence-corrected chi connectivity index (χ0v) is 8.88. The number of benzene rings is 1. The van der Waals surface area contributed by atoms with Crippen LogP contribution in [0.2, 0.25) is 0 Å². The fourth-order valence-corrected chi connectivity index (χ4v) is 1.10. The van der Waals surface area contributed by atoms with E-state index in [1.54, 1.807) is 26.0 Å². The predicted molar refractivity (Wildman–Crippen MR) is 61.0 cm³/mol. The smallest absolute Gasteiger partial charge is 0.111 e. The van der Waals surface area contributed by atoms with Gasteiger partial charge in [-0.3, -0.25) is 0 Å². The summed E-state index contributed by atoms with van der Waals surface area (Å²) in [5.74, 6) is 0. The van der Waals surface area contributed by atoms with Crippen molar-refractivity contribution in [3.63, 3.8) is 0 Å². The van der Waals surface area contributed by atoms with Crippen molar-refractivity contribution < 1.29 is 10.3 Å². The summed E-state index contributed by atoms with van der Waals surface area (Å²) in [5.41, 5.74) is 0.0780. The van der Waals surface area contributed by atoms with Crippen molar-refractivity contribution in [3.8, 4) is 0 Å². The van der Waals surface area contributed by atoms with Crippen LogP contribution >= 0.6 is 0 Å². The summed E-state index contributed by atoms with van der Waals surface area (Å²) in [6, 6.07) is 9.61. The van der Waals surface area contributed by atoms with Crippen LogP contribution in [0.4, 0.5) is 0 Å². The number of hydrogen-bond donors (Lipinski definition) is 2. The second kappa shape index (κ2) is 4.75. The fourth-order valence-electron chi connectivity index (χ4n) is 1.10. The van der Waals surface area contributed by atoms with Crippen molar-refractivity contribution in [2.45, 2.75) is 19.4 Å². The van der Waals surface area contributed by atoms with Crippen LogP contribution < -0.4 is 0 Å².